The Bertz CT molecular complexity index is 1870. The van der Waals surface area contributed by atoms with Crippen LogP contribution in [0.4, 0.5) is 19.2 Å². The normalized spacial score (nSPS) is 14.4. The quantitative estimate of drug-likeness (QED) is 0.142. The minimum atomic E-state index is -4.58. The zero-order valence-corrected chi connectivity index (χ0v) is 28.2. The van der Waals surface area contributed by atoms with Crippen molar-refractivity contribution in [2.24, 2.45) is 0 Å². The van der Waals surface area contributed by atoms with Gasteiger partial charge in [-0.2, -0.15) is 8.42 Å². The molecule has 1 heterocycles. The predicted molar refractivity (Wildman–Crippen MR) is 172 cm³/mol. The summed E-state index contributed by atoms with van der Waals surface area (Å²) >= 11 is 0. The van der Waals surface area contributed by atoms with Crippen molar-refractivity contribution in [3.63, 3.8) is 0 Å². The van der Waals surface area contributed by atoms with Gasteiger partial charge in [0.25, 0.3) is 10.1 Å². The first-order valence-corrected chi connectivity index (χ1v) is 16.3. The highest BCUT2D eigenvalue weighted by Gasteiger charge is 2.54. The molecule has 0 spiro atoms. The number of phenols is 2. The van der Waals surface area contributed by atoms with E-state index in [1.165, 1.54) is 44.2 Å². The lowest BCUT2D eigenvalue weighted by atomic mass is 9.73. The molecule has 4 rings (SSSR count). The number of nitrogens with zero attached hydrogens (tertiary/aromatic N) is 2. The standard InChI is InChI=1S/C33H36N2O13S/c1-15(2)19-11-24(17(5)21(27(19)36)13-34(29(38)39)30(40)41)33(23-9-7-8-10-26(23)49(46,47)48-33)25-12-20(16(3)4)28(37)22(18(25)6)14-35(31(42)43)32(44)45/h7-12,15-16,36-37H,13-14H2,1-6H3,(H,38,39)(H,40,41)(H,42,43)(H,44,45). The smallest absolute Gasteiger partial charge is 0.417 e. The maximum Gasteiger partial charge on any atom is 0.417 e. The van der Waals surface area contributed by atoms with E-state index in [1.807, 2.05) is 0 Å². The molecule has 6 N–H and O–H groups in total. The maximum absolute atomic E-state index is 13.8. The summed E-state index contributed by atoms with van der Waals surface area (Å²) < 4.78 is 33.8. The number of phenolic OH excluding ortho intramolecular Hbond substituents is 2. The molecule has 3 aromatic rings. The fraction of sp³-hybridized carbons (Fsp3) is 0.333. The van der Waals surface area contributed by atoms with Crippen molar-refractivity contribution in [1.82, 2.24) is 9.80 Å². The Morgan fingerprint density at radius 2 is 1.06 bits per heavy atom. The molecule has 0 radical (unpaired) electrons. The first kappa shape index (κ1) is 36.5. The van der Waals surface area contributed by atoms with Crippen LogP contribution < -0.4 is 0 Å². The molecular weight excluding hydrogens is 664 g/mol. The highest BCUT2D eigenvalue weighted by atomic mass is 32.2. The Balaban J connectivity index is 2.27. The van der Waals surface area contributed by atoms with Crippen LogP contribution in [0.15, 0.2) is 41.3 Å². The second-order valence-corrected chi connectivity index (χ2v) is 13.8. The van der Waals surface area contributed by atoms with E-state index in [2.05, 4.69) is 0 Å². The first-order chi connectivity index (χ1) is 22.7. The van der Waals surface area contributed by atoms with Crippen molar-refractivity contribution in [2.45, 2.75) is 77.0 Å². The summed E-state index contributed by atoms with van der Waals surface area (Å²) in [4.78, 5) is 47.5. The highest BCUT2D eigenvalue weighted by molar-refractivity contribution is 7.87. The van der Waals surface area contributed by atoms with E-state index < -0.39 is 76.5 Å². The van der Waals surface area contributed by atoms with Crippen LogP contribution >= 0.6 is 0 Å². The summed E-state index contributed by atoms with van der Waals surface area (Å²) in [6, 6.07) is 8.75. The van der Waals surface area contributed by atoms with Crippen LogP contribution in [0.25, 0.3) is 0 Å². The van der Waals surface area contributed by atoms with E-state index in [-0.39, 0.29) is 64.8 Å². The monoisotopic (exact) mass is 700 g/mol. The van der Waals surface area contributed by atoms with E-state index in [9.17, 15) is 58.2 Å². The van der Waals surface area contributed by atoms with Gasteiger partial charge in [0.05, 0.1) is 13.1 Å². The molecule has 16 heteroatoms. The van der Waals surface area contributed by atoms with E-state index in [4.69, 9.17) is 4.18 Å². The largest absolute Gasteiger partial charge is 0.507 e. The first-order valence-electron chi connectivity index (χ1n) is 14.9. The molecule has 1 aliphatic heterocycles. The van der Waals surface area contributed by atoms with Crippen LogP contribution in [0.1, 0.15) is 89.6 Å². The second-order valence-electron chi connectivity index (χ2n) is 12.3. The Kier molecular flexibility index (Phi) is 9.63. The molecule has 0 atom stereocenters. The molecule has 0 fully saturated rings. The number of carbonyl (C=O) groups is 4. The molecule has 49 heavy (non-hydrogen) atoms. The molecule has 3 aromatic carbocycles. The third-order valence-corrected chi connectivity index (χ3v) is 10.1. The molecule has 0 bridgehead atoms. The van der Waals surface area contributed by atoms with E-state index in [0.717, 1.165) is 0 Å². The van der Waals surface area contributed by atoms with Gasteiger partial charge in [0.15, 0.2) is 5.60 Å². The van der Waals surface area contributed by atoms with E-state index in [0.29, 0.717) is 0 Å². The molecule has 262 valence electrons. The Morgan fingerprint density at radius 1 is 0.694 bits per heavy atom. The van der Waals surface area contributed by atoms with Gasteiger partial charge in [-0.05, 0) is 77.3 Å². The Hall–Kier alpha value is -5.35. The van der Waals surface area contributed by atoms with Crippen LogP contribution in [0.2, 0.25) is 0 Å². The summed E-state index contributed by atoms with van der Waals surface area (Å²) in [7, 11) is -4.58. The number of imide groups is 2. The third kappa shape index (κ3) is 6.08. The molecular formula is C33H36N2O13S. The lowest BCUT2D eigenvalue weighted by Gasteiger charge is -2.36. The van der Waals surface area contributed by atoms with Crippen molar-refractivity contribution in [1.29, 1.82) is 0 Å². The average Bonchev–Trinajstić information content (AvgIpc) is 3.23. The van der Waals surface area contributed by atoms with Crippen molar-refractivity contribution in [2.75, 3.05) is 0 Å². The van der Waals surface area contributed by atoms with Gasteiger partial charge in [0.1, 0.15) is 16.4 Å². The molecule has 0 unspecified atom stereocenters. The van der Waals surface area contributed by atoms with Gasteiger partial charge in [-0.1, -0.05) is 45.9 Å². The van der Waals surface area contributed by atoms with Gasteiger partial charge < -0.3 is 30.6 Å². The number of hydrogen-bond acceptors (Lipinski definition) is 9. The third-order valence-electron chi connectivity index (χ3n) is 8.76. The molecule has 0 saturated heterocycles. The van der Waals surface area contributed by atoms with Crippen molar-refractivity contribution < 1.29 is 62.4 Å². The SMILES string of the molecule is Cc1c(C2(c3cc(C(C)C)c(O)c(CN(C(=O)O)C(=O)O)c3C)OS(=O)(=O)c3ccccc32)cc(C(C)C)c(O)c1CN(C(=O)O)C(=O)O. The highest BCUT2D eigenvalue weighted by Crippen LogP contribution is 2.55. The number of fused-ring (bicyclic) bond motifs is 1. The van der Waals surface area contributed by atoms with Crippen molar-refractivity contribution in [3.8, 4) is 11.5 Å². The summed E-state index contributed by atoms with van der Waals surface area (Å²) in [6.07, 6.45) is -7.32. The molecule has 4 amide bonds. The van der Waals surface area contributed by atoms with E-state index in [1.54, 1.807) is 33.8 Å². The zero-order valence-electron chi connectivity index (χ0n) is 27.4. The molecule has 0 saturated carbocycles. The average molecular weight is 701 g/mol. The second kappa shape index (κ2) is 12.9. The van der Waals surface area contributed by atoms with E-state index >= 15 is 0 Å². The maximum atomic E-state index is 13.8. The number of benzene rings is 3. The zero-order chi connectivity index (χ0) is 36.9. The summed E-state index contributed by atoms with van der Waals surface area (Å²) in [6.45, 7) is 7.98. The number of amides is 4. The number of carboxylic acid groups (broad SMARTS) is 4. The van der Waals surface area contributed by atoms with Crippen LogP contribution in [-0.2, 0) is 33.0 Å². The van der Waals surface area contributed by atoms with Crippen molar-refractivity contribution in [3.05, 3.63) is 86.5 Å². The topological polar surface area (TPSA) is 240 Å². The van der Waals surface area contributed by atoms with Gasteiger partial charge in [-0.15, -0.1) is 0 Å². The molecule has 15 nitrogen and oxygen atoms in total. The Labute approximate surface area is 281 Å². The number of hydrogen-bond donors (Lipinski definition) is 6. The van der Waals surface area contributed by atoms with Gasteiger partial charge in [0, 0.05) is 16.7 Å². The minimum Gasteiger partial charge on any atom is -0.507 e. The lowest BCUT2D eigenvalue weighted by molar-refractivity contribution is 0.118. The van der Waals surface area contributed by atoms with Crippen LogP contribution in [0.5, 0.6) is 11.5 Å². The van der Waals surface area contributed by atoms with Gasteiger partial charge in [0.2, 0.25) is 0 Å². The molecule has 0 aliphatic carbocycles. The fourth-order valence-electron chi connectivity index (χ4n) is 6.20. The summed E-state index contributed by atoms with van der Waals surface area (Å²) in [5, 5.41) is 61.4. The lowest BCUT2D eigenvalue weighted by Crippen LogP contribution is -2.36. The van der Waals surface area contributed by atoms with Gasteiger partial charge in [-0.3, -0.25) is 0 Å². The van der Waals surface area contributed by atoms with Crippen LogP contribution in [0.3, 0.4) is 0 Å². The van der Waals surface area contributed by atoms with Crippen LogP contribution in [0, 0.1) is 13.8 Å². The van der Waals surface area contributed by atoms with Crippen molar-refractivity contribution >= 4 is 34.5 Å². The number of aromatic hydroxyl groups is 2. The molecule has 1 aliphatic rings. The van der Waals surface area contributed by atoms with Crippen LogP contribution in [-0.4, -0.2) is 73.2 Å². The minimum absolute atomic E-state index is 0.0516. The summed E-state index contributed by atoms with van der Waals surface area (Å²) in [5.41, 5.74) is -1.74. The van der Waals surface area contributed by atoms with Gasteiger partial charge >= 0.3 is 24.4 Å². The number of rotatable bonds is 8. The van der Waals surface area contributed by atoms with Gasteiger partial charge in [-0.25, -0.2) is 33.2 Å². The Morgan fingerprint density at radius 3 is 1.41 bits per heavy atom. The predicted octanol–water partition coefficient (Wildman–Crippen LogP) is 6.29. The summed E-state index contributed by atoms with van der Waals surface area (Å²) in [5.74, 6) is -1.79. The fourth-order valence-corrected chi connectivity index (χ4v) is 7.61. The molecule has 0 aromatic heterocycles.